The summed E-state index contributed by atoms with van der Waals surface area (Å²) in [6.45, 7) is 14.6. The van der Waals surface area contributed by atoms with Crippen LogP contribution < -0.4 is 0 Å². The predicted octanol–water partition coefficient (Wildman–Crippen LogP) is 5.70. The maximum absolute atomic E-state index is 6.14. The summed E-state index contributed by atoms with van der Waals surface area (Å²) in [5.74, 6) is 0. The van der Waals surface area contributed by atoms with Crippen LogP contribution in [-0.4, -0.2) is 14.9 Å². The van der Waals surface area contributed by atoms with Crippen molar-refractivity contribution < 1.29 is 4.43 Å². The smallest absolute Gasteiger partial charge is 0.191 e. The van der Waals surface area contributed by atoms with Crippen molar-refractivity contribution in [1.82, 2.24) is 0 Å². The Morgan fingerprint density at radius 2 is 1.61 bits per heavy atom. The van der Waals surface area contributed by atoms with Gasteiger partial charge in [-0.3, -0.25) is 0 Å². The lowest BCUT2D eigenvalue weighted by atomic mass is 10.2. The van der Waals surface area contributed by atoms with Crippen molar-refractivity contribution in [3.8, 4) is 0 Å². The van der Waals surface area contributed by atoms with Crippen molar-refractivity contribution in [2.45, 2.75) is 71.5 Å². The van der Waals surface area contributed by atoms with Gasteiger partial charge in [-0.05, 0) is 43.8 Å². The van der Waals surface area contributed by atoms with Crippen LogP contribution in [0.5, 0.6) is 0 Å². The molecule has 0 spiro atoms. The first-order chi connectivity index (χ1) is 8.31. The van der Waals surface area contributed by atoms with E-state index in [1.165, 1.54) is 12.8 Å². The topological polar surface area (TPSA) is 9.23 Å². The average molecular weight is 269 g/mol. The molecule has 0 bridgehead atoms. The Morgan fingerprint density at radius 1 is 1.00 bits per heavy atom. The van der Waals surface area contributed by atoms with E-state index in [9.17, 15) is 0 Å². The van der Waals surface area contributed by atoms with E-state index in [0.717, 1.165) is 19.4 Å². The summed E-state index contributed by atoms with van der Waals surface area (Å²) in [6, 6.07) is 0. The third kappa shape index (κ3) is 7.88. The number of rotatable bonds is 8. The van der Waals surface area contributed by atoms with E-state index in [0.29, 0.717) is 5.04 Å². The Morgan fingerprint density at radius 3 is 2.17 bits per heavy atom. The molecule has 0 unspecified atom stereocenters. The van der Waals surface area contributed by atoms with Crippen molar-refractivity contribution >= 4 is 8.32 Å². The molecule has 0 aromatic heterocycles. The second-order valence-electron chi connectivity index (χ2n) is 6.37. The SMILES string of the molecule is CC/C=C/C=C\CCCCO[Si](C)(C)C(C)(C)C. The predicted molar refractivity (Wildman–Crippen MR) is 85.6 cm³/mol. The Hall–Kier alpha value is -0.343. The summed E-state index contributed by atoms with van der Waals surface area (Å²) in [6.07, 6.45) is 13.4. The van der Waals surface area contributed by atoms with Crippen LogP contribution in [0, 0.1) is 0 Å². The highest BCUT2D eigenvalue weighted by Gasteiger charge is 2.36. The molecule has 0 aliphatic carbocycles. The van der Waals surface area contributed by atoms with Crippen LogP contribution in [-0.2, 0) is 4.43 Å². The van der Waals surface area contributed by atoms with Crippen molar-refractivity contribution in [1.29, 1.82) is 0 Å². The number of hydrogen-bond donors (Lipinski definition) is 0. The largest absolute Gasteiger partial charge is 0.417 e. The first-order valence-electron chi connectivity index (χ1n) is 7.27. The van der Waals surface area contributed by atoms with Gasteiger partial charge in [0.25, 0.3) is 0 Å². The van der Waals surface area contributed by atoms with Gasteiger partial charge >= 0.3 is 0 Å². The van der Waals surface area contributed by atoms with Gasteiger partial charge < -0.3 is 4.43 Å². The van der Waals surface area contributed by atoms with Gasteiger partial charge in [0.05, 0.1) is 0 Å². The lowest BCUT2D eigenvalue weighted by Gasteiger charge is -2.36. The van der Waals surface area contributed by atoms with E-state index in [2.05, 4.69) is 65.1 Å². The number of unbranched alkanes of at least 4 members (excludes halogenated alkanes) is 2. The normalized spacial score (nSPS) is 13.9. The molecular formula is C16H32OSi. The van der Waals surface area contributed by atoms with Crippen molar-refractivity contribution in [2.75, 3.05) is 6.61 Å². The van der Waals surface area contributed by atoms with Crippen LogP contribution in [0.4, 0.5) is 0 Å². The highest BCUT2D eigenvalue weighted by Crippen LogP contribution is 2.36. The fourth-order valence-electron chi connectivity index (χ4n) is 1.30. The summed E-state index contributed by atoms with van der Waals surface area (Å²) < 4.78 is 6.14. The van der Waals surface area contributed by atoms with Gasteiger partial charge in [0.15, 0.2) is 8.32 Å². The van der Waals surface area contributed by atoms with Crippen molar-refractivity contribution in [3.63, 3.8) is 0 Å². The second kappa shape index (κ2) is 8.71. The maximum atomic E-state index is 6.14. The van der Waals surface area contributed by atoms with Gasteiger partial charge in [-0.1, -0.05) is 52.0 Å². The van der Waals surface area contributed by atoms with E-state index in [4.69, 9.17) is 4.43 Å². The summed E-state index contributed by atoms with van der Waals surface area (Å²) >= 11 is 0. The molecule has 0 aromatic carbocycles. The average Bonchev–Trinajstić information content (AvgIpc) is 2.25. The molecule has 0 aliphatic heterocycles. The lowest BCUT2D eigenvalue weighted by molar-refractivity contribution is 0.279. The first-order valence-corrected chi connectivity index (χ1v) is 10.2. The van der Waals surface area contributed by atoms with E-state index in [1.54, 1.807) is 0 Å². The van der Waals surface area contributed by atoms with Crippen LogP contribution in [0.1, 0.15) is 53.4 Å². The maximum Gasteiger partial charge on any atom is 0.191 e. The summed E-state index contributed by atoms with van der Waals surface area (Å²) in [7, 11) is -1.52. The molecule has 0 rings (SSSR count). The number of hydrogen-bond acceptors (Lipinski definition) is 1. The van der Waals surface area contributed by atoms with E-state index in [1.807, 2.05) is 0 Å². The molecule has 106 valence electrons. The van der Waals surface area contributed by atoms with Gasteiger partial charge in [-0.25, -0.2) is 0 Å². The Balaban J connectivity index is 3.63. The van der Waals surface area contributed by atoms with Gasteiger partial charge in [-0.15, -0.1) is 0 Å². The van der Waals surface area contributed by atoms with Crippen LogP contribution in [0.15, 0.2) is 24.3 Å². The molecule has 0 atom stereocenters. The Kier molecular flexibility index (Phi) is 8.54. The van der Waals surface area contributed by atoms with Crippen LogP contribution in [0.2, 0.25) is 18.1 Å². The molecule has 1 nitrogen and oxygen atoms in total. The molecule has 0 aliphatic rings. The molecule has 0 N–H and O–H groups in total. The molecule has 2 heteroatoms. The third-order valence-electron chi connectivity index (χ3n) is 3.65. The van der Waals surface area contributed by atoms with Gasteiger partial charge in [0, 0.05) is 6.61 Å². The first kappa shape index (κ1) is 17.7. The van der Waals surface area contributed by atoms with Crippen LogP contribution >= 0.6 is 0 Å². The van der Waals surface area contributed by atoms with Gasteiger partial charge in [0.1, 0.15) is 0 Å². The molecule has 0 aromatic rings. The summed E-state index contributed by atoms with van der Waals surface area (Å²) in [4.78, 5) is 0. The third-order valence-corrected chi connectivity index (χ3v) is 8.19. The van der Waals surface area contributed by atoms with Gasteiger partial charge in [-0.2, -0.15) is 0 Å². The molecule has 0 radical (unpaired) electrons. The van der Waals surface area contributed by atoms with Crippen LogP contribution in [0.3, 0.4) is 0 Å². The molecular weight excluding hydrogens is 236 g/mol. The highest BCUT2D eigenvalue weighted by atomic mass is 28.4. The zero-order valence-corrected chi connectivity index (χ0v) is 14.3. The monoisotopic (exact) mass is 268 g/mol. The fraction of sp³-hybridized carbons (Fsp3) is 0.750. The van der Waals surface area contributed by atoms with E-state index in [-0.39, 0.29) is 0 Å². The molecule has 0 heterocycles. The summed E-state index contributed by atoms with van der Waals surface area (Å²) in [5.41, 5.74) is 0. The van der Waals surface area contributed by atoms with Gasteiger partial charge in [0.2, 0.25) is 0 Å². The molecule has 0 saturated carbocycles. The minimum absolute atomic E-state index is 0.331. The van der Waals surface area contributed by atoms with Crippen molar-refractivity contribution in [2.24, 2.45) is 0 Å². The Bertz CT molecular complexity index is 259. The van der Waals surface area contributed by atoms with E-state index >= 15 is 0 Å². The second-order valence-corrected chi connectivity index (χ2v) is 11.2. The lowest BCUT2D eigenvalue weighted by Crippen LogP contribution is -2.40. The van der Waals surface area contributed by atoms with Crippen LogP contribution in [0.25, 0.3) is 0 Å². The highest BCUT2D eigenvalue weighted by molar-refractivity contribution is 6.74. The Labute approximate surface area is 115 Å². The number of allylic oxidation sites excluding steroid dienone is 4. The standard InChI is InChI=1S/C16H32OSi/c1-7-8-9-10-11-12-13-14-15-17-18(5,6)16(2,3)4/h8-11H,7,12-15H2,1-6H3/b9-8+,11-10-. The minimum atomic E-state index is -1.52. The van der Waals surface area contributed by atoms with Crippen molar-refractivity contribution in [3.05, 3.63) is 24.3 Å². The summed E-state index contributed by atoms with van der Waals surface area (Å²) in [5, 5.41) is 0.331. The quantitative estimate of drug-likeness (QED) is 0.312. The molecule has 0 fully saturated rings. The zero-order chi connectivity index (χ0) is 14.1. The molecule has 0 saturated heterocycles. The minimum Gasteiger partial charge on any atom is -0.417 e. The van der Waals surface area contributed by atoms with E-state index < -0.39 is 8.32 Å². The zero-order valence-electron chi connectivity index (χ0n) is 13.3. The molecule has 0 amide bonds. The fourth-order valence-corrected chi connectivity index (χ4v) is 2.39. The molecule has 18 heavy (non-hydrogen) atoms.